The molecular formula is C15H20N4O. The number of hydrogen-bond donors (Lipinski definition) is 1. The van der Waals surface area contributed by atoms with E-state index >= 15 is 0 Å². The maximum absolute atomic E-state index is 6.02. The van der Waals surface area contributed by atoms with Crippen molar-refractivity contribution < 1.29 is 4.74 Å². The second-order valence-corrected chi connectivity index (χ2v) is 5.65. The van der Waals surface area contributed by atoms with Crippen LogP contribution in [0.4, 0.5) is 0 Å². The molecular weight excluding hydrogens is 252 g/mol. The first-order valence-corrected chi connectivity index (χ1v) is 7.02. The van der Waals surface area contributed by atoms with Gasteiger partial charge in [0.05, 0.1) is 12.2 Å². The molecule has 1 N–H and O–H groups in total. The first-order chi connectivity index (χ1) is 9.67. The number of aryl methyl sites for hydroxylation is 1. The number of nitrogens with one attached hydrogen (secondary N) is 1. The molecule has 1 aliphatic heterocycles. The van der Waals surface area contributed by atoms with E-state index in [9.17, 15) is 0 Å². The van der Waals surface area contributed by atoms with Gasteiger partial charge in [-0.05, 0) is 32.9 Å². The number of fused-ring (bicyclic) bond motifs is 1. The largest absolute Gasteiger partial charge is 0.486 e. The summed E-state index contributed by atoms with van der Waals surface area (Å²) in [6.45, 7) is 6.05. The zero-order chi connectivity index (χ0) is 14.0. The molecule has 0 saturated carbocycles. The zero-order valence-electron chi connectivity index (χ0n) is 11.9. The standard InChI is InChI=1S/C15H20N4O/c1-15(2)14(12-6-3-4-7-13(12)20-15)16-8-5-10-19-11-9-17-18-19/h3-4,6-7,9,11,14,16H,5,8,10H2,1-2H3. The fourth-order valence-corrected chi connectivity index (χ4v) is 2.72. The number of para-hydroxylation sites is 1. The summed E-state index contributed by atoms with van der Waals surface area (Å²) in [4.78, 5) is 0. The Kier molecular flexibility index (Phi) is 3.44. The van der Waals surface area contributed by atoms with Crippen LogP contribution in [0.15, 0.2) is 36.7 Å². The molecule has 1 atom stereocenters. The summed E-state index contributed by atoms with van der Waals surface area (Å²) < 4.78 is 7.87. The van der Waals surface area contributed by atoms with E-state index in [0.29, 0.717) is 0 Å². The second-order valence-electron chi connectivity index (χ2n) is 5.65. The van der Waals surface area contributed by atoms with Gasteiger partial charge in [0.25, 0.3) is 0 Å². The molecule has 0 bridgehead atoms. The van der Waals surface area contributed by atoms with Crippen LogP contribution < -0.4 is 10.1 Å². The summed E-state index contributed by atoms with van der Waals surface area (Å²) in [5.74, 6) is 0.992. The minimum Gasteiger partial charge on any atom is -0.486 e. The summed E-state index contributed by atoms with van der Waals surface area (Å²) in [5, 5.41) is 11.4. The van der Waals surface area contributed by atoms with E-state index in [2.05, 4.69) is 41.6 Å². The number of aromatic nitrogens is 3. The molecule has 0 radical (unpaired) electrons. The molecule has 0 fully saturated rings. The smallest absolute Gasteiger partial charge is 0.125 e. The van der Waals surface area contributed by atoms with E-state index in [1.54, 1.807) is 6.20 Å². The predicted octanol–water partition coefficient (Wildman–Crippen LogP) is 2.17. The molecule has 1 unspecified atom stereocenters. The second kappa shape index (κ2) is 5.25. The van der Waals surface area contributed by atoms with Gasteiger partial charge >= 0.3 is 0 Å². The van der Waals surface area contributed by atoms with Gasteiger partial charge in [-0.1, -0.05) is 23.4 Å². The number of nitrogens with zero attached hydrogens (tertiary/aromatic N) is 3. The minimum atomic E-state index is -0.211. The first kappa shape index (κ1) is 13.1. The Labute approximate surface area is 118 Å². The lowest BCUT2D eigenvalue weighted by atomic mass is 9.94. The molecule has 0 saturated heterocycles. The SMILES string of the molecule is CC1(C)Oc2ccccc2C1NCCCn1ccnn1. The fourth-order valence-electron chi connectivity index (χ4n) is 2.72. The zero-order valence-corrected chi connectivity index (χ0v) is 11.9. The van der Waals surface area contributed by atoms with Crippen LogP contribution in [-0.4, -0.2) is 27.1 Å². The van der Waals surface area contributed by atoms with Gasteiger partial charge < -0.3 is 10.1 Å². The molecule has 1 aromatic carbocycles. The van der Waals surface area contributed by atoms with Gasteiger partial charge in [-0.15, -0.1) is 5.10 Å². The van der Waals surface area contributed by atoms with Gasteiger partial charge in [0.1, 0.15) is 11.4 Å². The van der Waals surface area contributed by atoms with E-state index < -0.39 is 0 Å². The molecule has 1 aromatic heterocycles. The van der Waals surface area contributed by atoms with Gasteiger partial charge in [0, 0.05) is 18.3 Å². The highest BCUT2D eigenvalue weighted by molar-refractivity contribution is 5.42. The van der Waals surface area contributed by atoms with Crippen molar-refractivity contribution in [3.05, 3.63) is 42.2 Å². The number of benzene rings is 1. The molecule has 0 aliphatic carbocycles. The molecule has 3 rings (SSSR count). The van der Waals surface area contributed by atoms with Crippen LogP contribution in [0.5, 0.6) is 5.75 Å². The fraction of sp³-hybridized carbons (Fsp3) is 0.467. The molecule has 5 nitrogen and oxygen atoms in total. The van der Waals surface area contributed by atoms with Crippen molar-refractivity contribution in [2.24, 2.45) is 0 Å². The summed E-state index contributed by atoms with van der Waals surface area (Å²) >= 11 is 0. The Bertz CT molecular complexity index is 565. The average Bonchev–Trinajstić information content (AvgIpc) is 3.00. The topological polar surface area (TPSA) is 52.0 Å². The Hall–Kier alpha value is -1.88. The Morgan fingerprint density at radius 1 is 1.35 bits per heavy atom. The Balaban J connectivity index is 1.59. The molecule has 0 amide bonds. The van der Waals surface area contributed by atoms with Crippen LogP contribution in [0.3, 0.4) is 0 Å². The summed E-state index contributed by atoms with van der Waals surface area (Å²) in [7, 11) is 0. The third kappa shape index (κ3) is 2.54. The highest BCUT2D eigenvalue weighted by Gasteiger charge is 2.40. The van der Waals surface area contributed by atoms with E-state index in [4.69, 9.17) is 4.74 Å². The molecule has 1 aliphatic rings. The highest BCUT2D eigenvalue weighted by Crippen LogP contribution is 2.42. The van der Waals surface area contributed by atoms with Crippen molar-refractivity contribution in [1.29, 1.82) is 0 Å². The van der Waals surface area contributed by atoms with E-state index in [1.807, 2.05) is 23.0 Å². The molecule has 106 valence electrons. The predicted molar refractivity (Wildman–Crippen MR) is 76.5 cm³/mol. The maximum Gasteiger partial charge on any atom is 0.125 e. The molecule has 5 heteroatoms. The molecule has 2 heterocycles. The lowest BCUT2D eigenvalue weighted by Gasteiger charge is -2.27. The maximum atomic E-state index is 6.02. The third-order valence-corrected chi connectivity index (χ3v) is 3.68. The van der Waals surface area contributed by atoms with E-state index in [-0.39, 0.29) is 11.6 Å². The average molecular weight is 272 g/mol. The van der Waals surface area contributed by atoms with E-state index in [1.165, 1.54) is 5.56 Å². The normalized spacial score (nSPS) is 19.6. The van der Waals surface area contributed by atoms with Gasteiger partial charge in [0.2, 0.25) is 0 Å². The molecule has 0 spiro atoms. The summed E-state index contributed by atoms with van der Waals surface area (Å²) in [6.07, 6.45) is 4.60. The van der Waals surface area contributed by atoms with Gasteiger partial charge in [-0.3, -0.25) is 4.68 Å². The van der Waals surface area contributed by atoms with Crippen LogP contribution >= 0.6 is 0 Å². The van der Waals surface area contributed by atoms with Gasteiger partial charge in [-0.2, -0.15) is 0 Å². The van der Waals surface area contributed by atoms with Gasteiger partial charge in [0.15, 0.2) is 0 Å². The number of hydrogen-bond acceptors (Lipinski definition) is 4. The lowest BCUT2D eigenvalue weighted by molar-refractivity contribution is 0.0963. The van der Waals surface area contributed by atoms with Crippen LogP contribution in [0.1, 0.15) is 31.9 Å². The number of ether oxygens (including phenoxy) is 1. The van der Waals surface area contributed by atoms with Crippen molar-refractivity contribution in [2.75, 3.05) is 6.54 Å². The minimum absolute atomic E-state index is 0.211. The molecule has 20 heavy (non-hydrogen) atoms. The monoisotopic (exact) mass is 272 g/mol. The quantitative estimate of drug-likeness (QED) is 0.848. The lowest BCUT2D eigenvalue weighted by Crippen LogP contribution is -2.39. The Morgan fingerprint density at radius 3 is 3.00 bits per heavy atom. The summed E-state index contributed by atoms with van der Waals surface area (Å²) in [5.41, 5.74) is 1.04. The van der Waals surface area contributed by atoms with Crippen LogP contribution in [-0.2, 0) is 6.54 Å². The molecule has 2 aromatic rings. The van der Waals surface area contributed by atoms with E-state index in [0.717, 1.165) is 25.3 Å². The highest BCUT2D eigenvalue weighted by atomic mass is 16.5. The van der Waals surface area contributed by atoms with Crippen LogP contribution in [0.2, 0.25) is 0 Å². The van der Waals surface area contributed by atoms with Crippen LogP contribution in [0, 0.1) is 0 Å². The van der Waals surface area contributed by atoms with Gasteiger partial charge in [-0.25, -0.2) is 0 Å². The Morgan fingerprint density at radius 2 is 2.20 bits per heavy atom. The van der Waals surface area contributed by atoms with Crippen molar-refractivity contribution in [1.82, 2.24) is 20.3 Å². The van der Waals surface area contributed by atoms with Crippen LogP contribution in [0.25, 0.3) is 0 Å². The number of rotatable bonds is 5. The first-order valence-electron chi connectivity index (χ1n) is 7.02. The van der Waals surface area contributed by atoms with Crippen molar-refractivity contribution in [3.63, 3.8) is 0 Å². The third-order valence-electron chi connectivity index (χ3n) is 3.68. The van der Waals surface area contributed by atoms with Crippen molar-refractivity contribution in [3.8, 4) is 5.75 Å². The van der Waals surface area contributed by atoms with Crippen molar-refractivity contribution >= 4 is 0 Å². The summed E-state index contributed by atoms with van der Waals surface area (Å²) in [6, 6.07) is 8.48. The van der Waals surface area contributed by atoms with Crippen molar-refractivity contribution in [2.45, 2.75) is 38.5 Å².